The van der Waals surface area contributed by atoms with Crippen LogP contribution in [0.3, 0.4) is 0 Å². The average Bonchev–Trinajstić information content (AvgIpc) is 3.65. The molecule has 2 aliphatic rings. The van der Waals surface area contributed by atoms with E-state index >= 15 is 0 Å². The van der Waals surface area contributed by atoms with E-state index in [1.807, 2.05) is 30.5 Å². The fourth-order valence-corrected chi connectivity index (χ4v) is 19.4. The van der Waals surface area contributed by atoms with Gasteiger partial charge in [0.05, 0.1) is 16.9 Å². The van der Waals surface area contributed by atoms with E-state index in [0.29, 0.717) is 29.0 Å². The van der Waals surface area contributed by atoms with Crippen molar-refractivity contribution in [1.82, 2.24) is 19.9 Å². The number of likely N-dealkylation sites (tertiary alicyclic amines) is 1. The molecule has 40 heavy (non-hydrogen) atoms. The van der Waals surface area contributed by atoms with Crippen molar-refractivity contribution in [2.24, 2.45) is 0 Å². The zero-order valence-corrected chi connectivity index (χ0v) is 26.3. The standard InChI is InChI=1S/C28H30AsClN6O2S2/c1-38-25-9-8-18(29-39-11-12-40-29)13-24(25)34-26(37)17-36-10-4-5-19(16-36)33-28-32-15-22(30)27(35-28)21-14-31-23-7-3-2-6-20(21)23/h2-3,6-9,13-15,19,31H,4-5,10-12,16-17H2,1H3,(H,34,37)(H,32,33,35). The number of nitrogens with one attached hydrogen (secondary N) is 3. The van der Waals surface area contributed by atoms with E-state index in [0.717, 1.165) is 48.1 Å². The number of ether oxygens (including phenoxy) is 1. The van der Waals surface area contributed by atoms with Gasteiger partial charge in [-0.25, -0.2) is 0 Å². The van der Waals surface area contributed by atoms with Crippen molar-refractivity contribution in [2.75, 3.05) is 48.9 Å². The van der Waals surface area contributed by atoms with Crippen LogP contribution in [0.4, 0.5) is 11.6 Å². The van der Waals surface area contributed by atoms with Gasteiger partial charge in [-0.3, -0.25) is 0 Å². The number of fused-ring (bicyclic) bond motifs is 1. The molecule has 2 aliphatic heterocycles. The van der Waals surface area contributed by atoms with Crippen LogP contribution < -0.4 is 19.7 Å². The molecule has 3 N–H and O–H groups in total. The van der Waals surface area contributed by atoms with E-state index in [2.05, 4.69) is 63.7 Å². The number of carbonyl (C=O) groups excluding carboxylic acids is 1. The predicted molar refractivity (Wildman–Crippen MR) is 169 cm³/mol. The molecule has 2 aromatic heterocycles. The zero-order chi connectivity index (χ0) is 27.5. The van der Waals surface area contributed by atoms with Gasteiger partial charge in [-0.05, 0) is 6.07 Å². The first-order chi connectivity index (χ1) is 19.6. The molecule has 0 bridgehead atoms. The summed E-state index contributed by atoms with van der Waals surface area (Å²) in [4.78, 5) is 27.8. The van der Waals surface area contributed by atoms with E-state index in [9.17, 15) is 4.79 Å². The van der Waals surface area contributed by atoms with Crippen molar-refractivity contribution < 1.29 is 9.53 Å². The third kappa shape index (κ3) is 6.26. The van der Waals surface area contributed by atoms with Crippen LogP contribution in [0.5, 0.6) is 5.75 Å². The minimum absolute atomic E-state index is 0.0327. The minimum atomic E-state index is -1.15. The van der Waals surface area contributed by atoms with E-state index < -0.39 is 12.3 Å². The molecular weight excluding hydrogens is 627 g/mol. The fourth-order valence-electron chi connectivity index (χ4n) is 5.12. The maximum atomic E-state index is 13.1. The summed E-state index contributed by atoms with van der Waals surface area (Å²) in [5, 5.41) is 8.17. The Bertz CT molecular complexity index is 1520. The Balaban J connectivity index is 1.10. The fraction of sp³-hybridized carbons (Fsp3) is 0.321. The molecule has 12 heteroatoms. The third-order valence-corrected chi connectivity index (χ3v) is 20.9. The number of H-pyrrole nitrogens is 1. The summed E-state index contributed by atoms with van der Waals surface area (Å²) in [6.45, 7) is 1.91. The molecule has 1 unspecified atom stereocenters. The van der Waals surface area contributed by atoms with Crippen LogP contribution in [-0.4, -0.2) is 82.4 Å². The second-order valence-corrected chi connectivity index (χ2v) is 21.9. The summed E-state index contributed by atoms with van der Waals surface area (Å²) in [6.07, 6.45) is 5.54. The summed E-state index contributed by atoms with van der Waals surface area (Å²) < 4.78 is 6.90. The van der Waals surface area contributed by atoms with E-state index in [-0.39, 0.29) is 11.9 Å². The van der Waals surface area contributed by atoms with E-state index in [1.165, 1.54) is 15.9 Å². The summed E-state index contributed by atoms with van der Waals surface area (Å²) in [6, 6.07) is 14.5. The summed E-state index contributed by atoms with van der Waals surface area (Å²) in [5.74, 6) is 3.63. The summed E-state index contributed by atoms with van der Waals surface area (Å²) in [5.41, 5.74) is 3.43. The van der Waals surface area contributed by atoms with Crippen molar-refractivity contribution in [3.05, 3.63) is 59.9 Å². The van der Waals surface area contributed by atoms with Crippen LogP contribution in [-0.2, 0) is 4.79 Å². The molecule has 1 amide bonds. The number of anilines is 2. The SMILES string of the molecule is COc1ccc([As]2SCCS2)cc1NC(=O)CN1CCCC(Nc2ncc(Cl)c(-c3c[nH]c4ccccc34)n2)C1. The van der Waals surface area contributed by atoms with Crippen LogP contribution in [0.1, 0.15) is 12.8 Å². The number of nitrogens with zero attached hydrogens (tertiary/aromatic N) is 3. The number of para-hydroxylation sites is 1. The Morgan fingerprint density at radius 1 is 1.25 bits per heavy atom. The van der Waals surface area contributed by atoms with Crippen LogP contribution in [0.25, 0.3) is 22.2 Å². The molecule has 4 aromatic rings. The number of hydrogen-bond acceptors (Lipinski definition) is 8. The van der Waals surface area contributed by atoms with Crippen molar-refractivity contribution in [1.29, 1.82) is 0 Å². The van der Waals surface area contributed by atoms with E-state index in [4.69, 9.17) is 21.3 Å². The summed E-state index contributed by atoms with van der Waals surface area (Å²) >= 11 is 5.37. The number of hydrogen-bond donors (Lipinski definition) is 3. The number of benzene rings is 2. The Morgan fingerprint density at radius 2 is 2.10 bits per heavy atom. The molecule has 1 atom stereocenters. The Morgan fingerprint density at radius 3 is 2.95 bits per heavy atom. The first kappa shape index (κ1) is 27.8. The number of amides is 1. The van der Waals surface area contributed by atoms with Crippen molar-refractivity contribution in [3.8, 4) is 17.0 Å². The number of aromatic amines is 1. The number of carbonyl (C=O) groups is 1. The van der Waals surface area contributed by atoms with Crippen LogP contribution in [0.15, 0.2) is 54.9 Å². The molecule has 208 valence electrons. The Hall–Kier alpha value is -2.36. The van der Waals surface area contributed by atoms with Gasteiger partial charge in [-0.1, -0.05) is 29.8 Å². The second-order valence-electron chi connectivity index (χ2n) is 9.71. The van der Waals surface area contributed by atoms with Gasteiger partial charge in [0, 0.05) is 22.7 Å². The van der Waals surface area contributed by atoms with Gasteiger partial charge < -0.3 is 4.98 Å². The average molecular weight is 657 g/mol. The van der Waals surface area contributed by atoms with Gasteiger partial charge in [-0.2, -0.15) is 0 Å². The van der Waals surface area contributed by atoms with Gasteiger partial charge in [0.1, 0.15) is 0 Å². The van der Waals surface area contributed by atoms with Gasteiger partial charge in [0.15, 0.2) is 0 Å². The normalized spacial score (nSPS) is 18.2. The first-order valence-electron chi connectivity index (χ1n) is 13.2. The maximum absolute atomic E-state index is 13.1. The molecule has 6 rings (SSSR count). The van der Waals surface area contributed by atoms with Crippen molar-refractivity contribution in [2.45, 2.75) is 18.9 Å². The third-order valence-electron chi connectivity index (χ3n) is 6.96. The quantitative estimate of drug-likeness (QED) is 0.229. The molecule has 8 nitrogen and oxygen atoms in total. The van der Waals surface area contributed by atoms with Crippen LogP contribution >= 0.6 is 31.6 Å². The molecule has 0 aliphatic carbocycles. The molecular formula is C28H30AsClN6O2S2. The molecule has 4 heterocycles. The van der Waals surface area contributed by atoms with Crippen molar-refractivity contribution in [3.63, 3.8) is 0 Å². The Labute approximate surface area is 249 Å². The van der Waals surface area contributed by atoms with Gasteiger partial charge >= 0.3 is 170 Å². The van der Waals surface area contributed by atoms with Gasteiger partial charge in [0.25, 0.3) is 0 Å². The molecule has 0 radical (unpaired) electrons. The first-order valence-corrected chi connectivity index (χ1v) is 21.0. The van der Waals surface area contributed by atoms with Gasteiger partial charge in [-0.15, -0.1) is 0 Å². The molecule has 0 spiro atoms. The van der Waals surface area contributed by atoms with Gasteiger partial charge in [0.2, 0.25) is 0 Å². The number of halogens is 1. The Kier molecular flexibility index (Phi) is 8.79. The van der Waals surface area contributed by atoms with Crippen molar-refractivity contribution >= 4 is 76.8 Å². The van der Waals surface area contributed by atoms with E-state index in [1.54, 1.807) is 13.3 Å². The zero-order valence-electron chi connectivity index (χ0n) is 22.0. The predicted octanol–water partition coefficient (Wildman–Crippen LogP) is 4.98. The van der Waals surface area contributed by atoms with Crippen LogP contribution in [0.2, 0.25) is 5.02 Å². The molecule has 2 saturated heterocycles. The number of rotatable bonds is 8. The molecule has 2 fully saturated rings. The molecule has 2 aromatic carbocycles. The number of methoxy groups -OCH3 is 1. The van der Waals surface area contributed by atoms with Crippen LogP contribution in [0, 0.1) is 0 Å². The number of aromatic nitrogens is 3. The molecule has 0 saturated carbocycles. The topological polar surface area (TPSA) is 95.2 Å². The summed E-state index contributed by atoms with van der Waals surface area (Å²) in [7, 11) is 5.82. The second kappa shape index (κ2) is 12.7. The monoisotopic (exact) mass is 656 g/mol. The number of piperidine rings is 1.